The fraction of sp³-hybridized carbons (Fsp3) is 0.586. The van der Waals surface area contributed by atoms with Crippen LogP contribution in [0.2, 0.25) is 0 Å². The van der Waals surface area contributed by atoms with Crippen molar-refractivity contribution in [2.24, 2.45) is 0 Å². The lowest BCUT2D eigenvalue weighted by Gasteiger charge is -2.34. The van der Waals surface area contributed by atoms with Crippen LogP contribution in [0.15, 0.2) is 52.3 Å². The normalized spacial score (nSPS) is 18.0. The zero-order chi connectivity index (χ0) is 28.0. The Labute approximate surface area is 234 Å². The number of benzene rings is 2. The summed E-state index contributed by atoms with van der Waals surface area (Å²) in [6, 6.07) is 11.1. The smallest absolute Gasteiger partial charge is 0.243 e. The Kier molecular flexibility index (Phi) is 9.96. The van der Waals surface area contributed by atoms with Crippen molar-refractivity contribution in [3.8, 4) is 11.5 Å². The van der Waals surface area contributed by atoms with E-state index in [1.807, 2.05) is 19.1 Å². The van der Waals surface area contributed by atoms with Crippen LogP contribution in [0.5, 0.6) is 11.5 Å². The lowest BCUT2D eigenvalue weighted by Crippen LogP contribution is -2.41. The first-order valence-electron chi connectivity index (χ1n) is 14.1. The molecular weight excluding hydrogens is 536 g/mol. The molecule has 0 bridgehead atoms. The molecule has 2 saturated carbocycles. The summed E-state index contributed by atoms with van der Waals surface area (Å²) in [7, 11) is -4.49. The minimum absolute atomic E-state index is 0.000408. The van der Waals surface area contributed by atoms with E-state index in [2.05, 4.69) is 0 Å². The summed E-state index contributed by atoms with van der Waals surface area (Å²) in [6.45, 7) is 2.45. The Morgan fingerprint density at radius 2 is 1.13 bits per heavy atom. The lowest BCUT2D eigenvalue weighted by atomic mass is 9.95. The number of sulfonamides is 2. The molecule has 0 amide bonds. The third-order valence-corrected chi connectivity index (χ3v) is 12.1. The number of nitrogens with zero attached hydrogens (tertiary/aromatic N) is 2. The number of hydrogen-bond acceptors (Lipinski definition) is 6. The molecule has 2 aliphatic carbocycles. The maximum Gasteiger partial charge on any atom is 0.243 e. The fourth-order valence-corrected chi connectivity index (χ4v) is 9.35. The van der Waals surface area contributed by atoms with Crippen LogP contribution in [0.4, 0.5) is 0 Å². The summed E-state index contributed by atoms with van der Waals surface area (Å²) in [5, 5.41) is 0. The molecule has 0 unspecified atom stereocenters. The summed E-state index contributed by atoms with van der Waals surface area (Å²) in [6.07, 6.45) is 9.59. The van der Waals surface area contributed by atoms with Gasteiger partial charge in [0.25, 0.3) is 0 Å². The van der Waals surface area contributed by atoms with Crippen molar-refractivity contribution in [3.05, 3.63) is 48.0 Å². The van der Waals surface area contributed by atoms with Gasteiger partial charge in [-0.15, -0.1) is 0 Å². The van der Waals surface area contributed by atoms with Gasteiger partial charge < -0.3 is 9.47 Å². The summed E-state index contributed by atoms with van der Waals surface area (Å²) in [5.41, 5.74) is 0.798. The summed E-state index contributed by atoms with van der Waals surface area (Å²) >= 11 is 0. The van der Waals surface area contributed by atoms with Gasteiger partial charge in [0.2, 0.25) is 20.0 Å². The number of methoxy groups -OCH3 is 2. The van der Waals surface area contributed by atoms with E-state index in [1.165, 1.54) is 24.3 Å². The Balaban J connectivity index is 1.63. The first-order valence-corrected chi connectivity index (χ1v) is 16.9. The lowest BCUT2D eigenvalue weighted by molar-refractivity contribution is 0.247. The molecule has 0 radical (unpaired) electrons. The highest BCUT2D eigenvalue weighted by Gasteiger charge is 2.34. The van der Waals surface area contributed by atoms with Gasteiger partial charge in [-0.05, 0) is 67.6 Å². The van der Waals surface area contributed by atoms with Gasteiger partial charge in [-0.3, -0.25) is 0 Å². The van der Waals surface area contributed by atoms with Crippen LogP contribution >= 0.6 is 0 Å². The summed E-state index contributed by atoms with van der Waals surface area (Å²) in [4.78, 5) is 0.242. The van der Waals surface area contributed by atoms with E-state index in [4.69, 9.17) is 9.47 Å². The van der Waals surface area contributed by atoms with E-state index in [0.29, 0.717) is 18.0 Å². The van der Waals surface area contributed by atoms with Gasteiger partial charge in [0.15, 0.2) is 11.5 Å². The van der Waals surface area contributed by atoms with Crippen LogP contribution in [0.25, 0.3) is 0 Å². The van der Waals surface area contributed by atoms with Gasteiger partial charge in [-0.2, -0.15) is 8.61 Å². The third kappa shape index (κ3) is 6.61. The van der Waals surface area contributed by atoms with Crippen molar-refractivity contribution in [2.75, 3.05) is 20.8 Å². The SMILES string of the molecule is CCN(C1CCCCC1)S(=O)(=O)c1ccc(S(=O)(=O)N(Cc2ccc(OC)c(OC)c2)C2CCCCC2)cc1. The molecule has 8 nitrogen and oxygen atoms in total. The molecule has 0 saturated heterocycles. The van der Waals surface area contributed by atoms with E-state index in [1.54, 1.807) is 28.9 Å². The van der Waals surface area contributed by atoms with Crippen LogP contribution in [-0.2, 0) is 26.6 Å². The maximum absolute atomic E-state index is 14.0. The topological polar surface area (TPSA) is 93.2 Å². The van der Waals surface area contributed by atoms with Crippen molar-refractivity contribution >= 4 is 20.0 Å². The number of rotatable bonds is 11. The maximum atomic E-state index is 14.0. The monoisotopic (exact) mass is 578 g/mol. The second kappa shape index (κ2) is 13.0. The van der Waals surface area contributed by atoms with Crippen LogP contribution in [0, 0.1) is 0 Å². The van der Waals surface area contributed by atoms with Crippen molar-refractivity contribution in [1.82, 2.24) is 8.61 Å². The zero-order valence-electron chi connectivity index (χ0n) is 23.3. The van der Waals surface area contributed by atoms with E-state index in [-0.39, 0.29) is 28.4 Å². The average Bonchev–Trinajstić information content (AvgIpc) is 2.97. The molecule has 0 atom stereocenters. The molecule has 4 rings (SSSR count). The highest BCUT2D eigenvalue weighted by atomic mass is 32.2. The highest BCUT2D eigenvalue weighted by Crippen LogP contribution is 2.33. The second-order valence-electron chi connectivity index (χ2n) is 10.5. The molecule has 2 aromatic carbocycles. The van der Waals surface area contributed by atoms with Crippen LogP contribution < -0.4 is 9.47 Å². The average molecular weight is 579 g/mol. The second-order valence-corrected chi connectivity index (χ2v) is 14.3. The zero-order valence-corrected chi connectivity index (χ0v) is 25.0. The van der Waals surface area contributed by atoms with Gasteiger partial charge in [0.05, 0.1) is 24.0 Å². The fourth-order valence-electron chi connectivity index (χ4n) is 5.99. The summed E-state index contributed by atoms with van der Waals surface area (Å²) < 4.78 is 69.0. The van der Waals surface area contributed by atoms with E-state index in [0.717, 1.165) is 69.8 Å². The molecule has 0 spiro atoms. The molecule has 39 heavy (non-hydrogen) atoms. The van der Waals surface area contributed by atoms with Crippen molar-refractivity contribution < 1.29 is 26.3 Å². The molecule has 0 heterocycles. The molecule has 0 aliphatic heterocycles. The van der Waals surface area contributed by atoms with Gasteiger partial charge in [0, 0.05) is 25.2 Å². The molecule has 2 aromatic rings. The van der Waals surface area contributed by atoms with Crippen molar-refractivity contribution in [2.45, 2.75) is 99.6 Å². The van der Waals surface area contributed by atoms with Gasteiger partial charge in [-0.25, -0.2) is 16.8 Å². The van der Waals surface area contributed by atoms with Crippen LogP contribution in [-0.4, -0.2) is 58.3 Å². The Morgan fingerprint density at radius 3 is 1.59 bits per heavy atom. The molecule has 216 valence electrons. The largest absolute Gasteiger partial charge is 0.493 e. The molecule has 0 aromatic heterocycles. The summed E-state index contributed by atoms with van der Waals surface area (Å²) in [5.74, 6) is 1.13. The molecule has 2 fully saturated rings. The van der Waals surface area contributed by atoms with Crippen molar-refractivity contribution in [1.29, 1.82) is 0 Å². The highest BCUT2D eigenvalue weighted by molar-refractivity contribution is 7.89. The van der Waals surface area contributed by atoms with E-state index in [9.17, 15) is 16.8 Å². The van der Waals surface area contributed by atoms with Crippen LogP contribution in [0.1, 0.15) is 76.7 Å². The molecule has 0 N–H and O–H groups in total. The quantitative estimate of drug-likeness (QED) is 0.346. The predicted molar refractivity (Wildman–Crippen MR) is 152 cm³/mol. The number of hydrogen-bond donors (Lipinski definition) is 0. The first kappa shape index (κ1) is 29.8. The minimum atomic E-state index is -3.89. The predicted octanol–water partition coefficient (Wildman–Crippen LogP) is 5.57. The minimum Gasteiger partial charge on any atom is -0.493 e. The van der Waals surface area contributed by atoms with Gasteiger partial charge >= 0.3 is 0 Å². The van der Waals surface area contributed by atoms with E-state index < -0.39 is 20.0 Å². The van der Waals surface area contributed by atoms with Gasteiger partial charge in [0.1, 0.15) is 0 Å². The first-order chi connectivity index (χ1) is 18.7. The number of ether oxygens (including phenoxy) is 2. The Hall–Kier alpha value is -2.14. The third-order valence-electron chi connectivity index (χ3n) is 8.10. The standard InChI is InChI=1S/C29H42N2O6S2/c1-4-30(24-11-7-5-8-12-24)38(32,33)26-16-18-27(19-17-26)39(34,35)31(25-13-9-6-10-14-25)22-23-15-20-28(36-2)29(21-23)37-3/h15-21,24-25H,4-14,22H2,1-3H3. The van der Waals surface area contributed by atoms with E-state index >= 15 is 0 Å². The molecular formula is C29H42N2O6S2. The van der Waals surface area contributed by atoms with Crippen LogP contribution in [0.3, 0.4) is 0 Å². The Morgan fingerprint density at radius 1 is 0.667 bits per heavy atom. The molecule has 10 heteroatoms. The Bertz CT molecular complexity index is 1300. The molecule has 2 aliphatic rings. The van der Waals surface area contributed by atoms with Gasteiger partial charge in [-0.1, -0.05) is 51.5 Å². The van der Waals surface area contributed by atoms with Crippen molar-refractivity contribution in [3.63, 3.8) is 0 Å².